The van der Waals surface area contributed by atoms with Crippen LogP contribution in [-0.2, 0) is 11.3 Å². The van der Waals surface area contributed by atoms with E-state index in [0.717, 1.165) is 6.54 Å². The Hall–Kier alpha value is -1.70. The van der Waals surface area contributed by atoms with Crippen molar-refractivity contribution in [2.24, 2.45) is 0 Å². The standard InChI is InChI=1S/C13H17ClN4O3/c1-15-13(19)12-7-16-4-5-17(12)8-9-2-3-10(14)6-11(9)18(20)21/h2-3,6,12,16H,4-5,7-8H2,1H3,(H,15,19). The van der Waals surface area contributed by atoms with Crippen molar-refractivity contribution in [1.82, 2.24) is 15.5 Å². The molecule has 1 fully saturated rings. The summed E-state index contributed by atoms with van der Waals surface area (Å²) in [6.45, 7) is 2.26. The smallest absolute Gasteiger partial charge is 0.275 e. The van der Waals surface area contributed by atoms with Gasteiger partial charge in [0.1, 0.15) is 6.04 Å². The van der Waals surface area contributed by atoms with Crippen LogP contribution < -0.4 is 10.6 Å². The molecule has 0 aliphatic carbocycles. The maximum absolute atomic E-state index is 11.9. The lowest BCUT2D eigenvalue weighted by Gasteiger charge is -2.34. The van der Waals surface area contributed by atoms with Crippen molar-refractivity contribution in [3.63, 3.8) is 0 Å². The zero-order valence-corrected chi connectivity index (χ0v) is 12.4. The van der Waals surface area contributed by atoms with Gasteiger partial charge in [-0.1, -0.05) is 11.6 Å². The molecule has 1 saturated heterocycles. The van der Waals surface area contributed by atoms with E-state index in [4.69, 9.17) is 11.6 Å². The molecule has 1 aromatic rings. The minimum absolute atomic E-state index is 0.0170. The number of rotatable bonds is 4. The van der Waals surface area contributed by atoms with Crippen molar-refractivity contribution in [2.45, 2.75) is 12.6 Å². The second kappa shape index (κ2) is 6.84. The van der Waals surface area contributed by atoms with Gasteiger partial charge in [0, 0.05) is 49.9 Å². The highest BCUT2D eigenvalue weighted by Crippen LogP contribution is 2.25. The molecule has 114 valence electrons. The summed E-state index contributed by atoms with van der Waals surface area (Å²) >= 11 is 5.81. The highest BCUT2D eigenvalue weighted by Gasteiger charge is 2.29. The molecule has 7 nitrogen and oxygen atoms in total. The Morgan fingerprint density at radius 3 is 3.05 bits per heavy atom. The minimum Gasteiger partial charge on any atom is -0.358 e. The van der Waals surface area contributed by atoms with Gasteiger partial charge in [-0.3, -0.25) is 19.8 Å². The lowest BCUT2D eigenvalue weighted by atomic mass is 10.1. The number of carbonyl (C=O) groups excluding carboxylic acids is 1. The number of likely N-dealkylation sites (N-methyl/N-ethyl adjacent to an activating group) is 1. The SMILES string of the molecule is CNC(=O)C1CNCCN1Cc1ccc(Cl)cc1[N+](=O)[O-]. The largest absolute Gasteiger partial charge is 0.358 e. The molecule has 0 aromatic heterocycles. The number of nitro benzene ring substituents is 1. The Morgan fingerprint density at radius 1 is 1.62 bits per heavy atom. The number of nitrogens with one attached hydrogen (secondary N) is 2. The molecule has 1 atom stereocenters. The average Bonchev–Trinajstić information content (AvgIpc) is 2.48. The highest BCUT2D eigenvalue weighted by atomic mass is 35.5. The summed E-state index contributed by atoms with van der Waals surface area (Å²) in [5, 5.41) is 17.2. The number of benzene rings is 1. The number of nitro groups is 1. The number of amides is 1. The lowest BCUT2D eigenvalue weighted by Crippen LogP contribution is -2.56. The molecular formula is C13H17ClN4O3. The first-order chi connectivity index (χ1) is 10.0. The Kier molecular flexibility index (Phi) is 5.11. The molecule has 1 heterocycles. The predicted molar refractivity (Wildman–Crippen MR) is 79.2 cm³/mol. The zero-order valence-electron chi connectivity index (χ0n) is 11.6. The lowest BCUT2D eigenvalue weighted by molar-refractivity contribution is -0.385. The number of piperazine rings is 1. The van der Waals surface area contributed by atoms with Crippen LogP contribution in [0.1, 0.15) is 5.56 Å². The van der Waals surface area contributed by atoms with E-state index in [1.807, 2.05) is 4.90 Å². The molecule has 21 heavy (non-hydrogen) atoms. The summed E-state index contributed by atoms with van der Waals surface area (Å²) in [5.74, 6) is -0.0983. The summed E-state index contributed by atoms with van der Waals surface area (Å²) in [6.07, 6.45) is 0. The van der Waals surface area contributed by atoms with Gasteiger partial charge in [-0.2, -0.15) is 0 Å². The Morgan fingerprint density at radius 2 is 2.38 bits per heavy atom. The van der Waals surface area contributed by atoms with Crippen LogP contribution in [0.25, 0.3) is 0 Å². The third-order valence-corrected chi connectivity index (χ3v) is 3.76. The third kappa shape index (κ3) is 3.69. The number of nitrogens with zero attached hydrogens (tertiary/aromatic N) is 2. The Labute approximate surface area is 127 Å². The molecule has 1 amide bonds. The van der Waals surface area contributed by atoms with E-state index in [1.54, 1.807) is 19.2 Å². The average molecular weight is 313 g/mol. The van der Waals surface area contributed by atoms with Crippen molar-refractivity contribution < 1.29 is 9.72 Å². The Bertz CT molecular complexity index is 552. The number of carbonyl (C=O) groups is 1. The van der Waals surface area contributed by atoms with Gasteiger partial charge in [0.2, 0.25) is 5.91 Å². The summed E-state index contributed by atoms with van der Waals surface area (Å²) in [4.78, 5) is 24.5. The van der Waals surface area contributed by atoms with E-state index in [9.17, 15) is 14.9 Å². The molecule has 2 N–H and O–H groups in total. The fraction of sp³-hybridized carbons (Fsp3) is 0.462. The summed E-state index contributed by atoms with van der Waals surface area (Å²) in [5.41, 5.74) is 0.539. The first-order valence-corrected chi connectivity index (χ1v) is 7.00. The number of halogens is 1. The molecule has 1 aliphatic rings. The van der Waals surface area contributed by atoms with Gasteiger partial charge in [0.25, 0.3) is 5.69 Å². The van der Waals surface area contributed by atoms with Gasteiger partial charge in [-0.25, -0.2) is 0 Å². The van der Waals surface area contributed by atoms with Crippen molar-refractivity contribution in [2.75, 3.05) is 26.7 Å². The van der Waals surface area contributed by atoms with Gasteiger partial charge in [-0.05, 0) is 12.1 Å². The first kappa shape index (κ1) is 15.7. The van der Waals surface area contributed by atoms with Gasteiger partial charge in [0.15, 0.2) is 0 Å². The molecule has 0 spiro atoms. The van der Waals surface area contributed by atoms with E-state index >= 15 is 0 Å². The van der Waals surface area contributed by atoms with Crippen LogP contribution >= 0.6 is 11.6 Å². The van der Waals surface area contributed by atoms with Crippen LogP contribution in [0.2, 0.25) is 5.02 Å². The zero-order chi connectivity index (χ0) is 15.4. The molecule has 0 saturated carbocycles. The van der Waals surface area contributed by atoms with Crippen molar-refractivity contribution in [1.29, 1.82) is 0 Å². The third-order valence-electron chi connectivity index (χ3n) is 3.52. The van der Waals surface area contributed by atoms with E-state index in [1.165, 1.54) is 6.07 Å². The van der Waals surface area contributed by atoms with Crippen LogP contribution in [-0.4, -0.2) is 48.5 Å². The van der Waals surface area contributed by atoms with Gasteiger partial charge < -0.3 is 10.6 Å². The number of hydrogen-bond donors (Lipinski definition) is 2. The topological polar surface area (TPSA) is 87.5 Å². The fourth-order valence-electron chi connectivity index (χ4n) is 2.42. The van der Waals surface area contributed by atoms with Crippen LogP contribution in [0.3, 0.4) is 0 Å². The molecule has 1 aromatic carbocycles. The normalized spacial score (nSPS) is 19.2. The summed E-state index contributed by atoms with van der Waals surface area (Å²) in [6, 6.07) is 4.28. The molecule has 8 heteroatoms. The monoisotopic (exact) mass is 312 g/mol. The van der Waals surface area contributed by atoms with Crippen LogP contribution in [0.4, 0.5) is 5.69 Å². The van der Waals surface area contributed by atoms with Gasteiger partial charge in [-0.15, -0.1) is 0 Å². The fourth-order valence-corrected chi connectivity index (χ4v) is 2.59. The Balaban J connectivity index is 2.23. The maximum Gasteiger partial charge on any atom is 0.275 e. The quantitative estimate of drug-likeness (QED) is 0.633. The van der Waals surface area contributed by atoms with E-state index in [0.29, 0.717) is 30.2 Å². The maximum atomic E-state index is 11.9. The van der Waals surface area contributed by atoms with Gasteiger partial charge in [0.05, 0.1) is 4.92 Å². The van der Waals surface area contributed by atoms with E-state index in [-0.39, 0.29) is 17.6 Å². The predicted octanol–water partition coefficient (Wildman–Crippen LogP) is 0.768. The van der Waals surface area contributed by atoms with Crippen molar-refractivity contribution in [3.8, 4) is 0 Å². The molecule has 2 rings (SSSR count). The van der Waals surface area contributed by atoms with Gasteiger partial charge >= 0.3 is 0 Å². The van der Waals surface area contributed by atoms with E-state index in [2.05, 4.69) is 10.6 Å². The molecule has 0 radical (unpaired) electrons. The highest BCUT2D eigenvalue weighted by molar-refractivity contribution is 6.30. The van der Waals surface area contributed by atoms with Crippen molar-refractivity contribution in [3.05, 3.63) is 38.9 Å². The number of hydrogen-bond acceptors (Lipinski definition) is 5. The first-order valence-electron chi connectivity index (χ1n) is 6.62. The molecular weight excluding hydrogens is 296 g/mol. The van der Waals surface area contributed by atoms with Crippen LogP contribution in [0, 0.1) is 10.1 Å². The van der Waals surface area contributed by atoms with Crippen molar-refractivity contribution >= 4 is 23.2 Å². The molecule has 0 bridgehead atoms. The summed E-state index contributed by atoms with van der Waals surface area (Å²) in [7, 11) is 1.58. The minimum atomic E-state index is -0.446. The van der Waals surface area contributed by atoms with E-state index < -0.39 is 4.92 Å². The van der Waals surface area contributed by atoms with Crippen LogP contribution in [0.5, 0.6) is 0 Å². The summed E-state index contributed by atoms with van der Waals surface area (Å²) < 4.78 is 0. The van der Waals surface area contributed by atoms with Crippen LogP contribution in [0.15, 0.2) is 18.2 Å². The molecule has 1 aliphatic heterocycles. The second-order valence-electron chi connectivity index (χ2n) is 4.83. The molecule has 1 unspecified atom stereocenters. The second-order valence-corrected chi connectivity index (χ2v) is 5.27.